The monoisotopic (exact) mass is 459 g/mol. The Kier molecular flexibility index (Phi) is 8.11. The highest BCUT2D eigenvalue weighted by molar-refractivity contribution is 9.10. The molecule has 0 bridgehead atoms. The quantitative estimate of drug-likeness (QED) is 0.347. The van der Waals surface area contributed by atoms with Gasteiger partial charge in [-0.15, -0.1) is 0 Å². The van der Waals surface area contributed by atoms with Crippen molar-refractivity contribution >= 4 is 45.7 Å². The van der Waals surface area contributed by atoms with E-state index < -0.39 is 30.3 Å². The smallest absolute Gasteiger partial charge is 0.355 e. The summed E-state index contributed by atoms with van der Waals surface area (Å²) in [6.07, 6.45) is 1.43. The average Bonchev–Trinajstić information content (AvgIpc) is 2.70. The van der Waals surface area contributed by atoms with E-state index in [4.69, 9.17) is 4.74 Å². The van der Waals surface area contributed by atoms with E-state index in [9.17, 15) is 19.2 Å². The molecule has 0 aliphatic rings. The number of carbonyl (C=O) groups excluding carboxylic acids is 4. The number of halogens is 1. The minimum absolute atomic E-state index is 0.117. The van der Waals surface area contributed by atoms with E-state index in [0.717, 1.165) is 0 Å². The van der Waals surface area contributed by atoms with Gasteiger partial charge in [0.05, 0.1) is 5.56 Å². The third-order valence-corrected chi connectivity index (χ3v) is 4.10. The van der Waals surface area contributed by atoms with E-state index in [1.807, 2.05) is 0 Å². The molecule has 9 heteroatoms. The van der Waals surface area contributed by atoms with Crippen LogP contribution in [0.3, 0.4) is 0 Å². The van der Waals surface area contributed by atoms with Crippen LogP contribution in [0.5, 0.6) is 0 Å². The molecule has 2 aromatic carbocycles. The van der Waals surface area contributed by atoms with Crippen LogP contribution in [0.4, 0.5) is 0 Å². The fourth-order valence-electron chi connectivity index (χ4n) is 2.14. The maximum atomic E-state index is 12.2. The number of amides is 3. The van der Waals surface area contributed by atoms with Crippen molar-refractivity contribution in [2.75, 3.05) is 6.61 Å². The van der Waals surface area contributed by atoms with Crippen molar-refractivity contribution in [1.29, 1.82) is 0 Å². The van der Waals surface area contributed by atoms with Crippen molar-refractivity contribution in [3.8, 4) is 0 Å². The van der Waals surface area contributed by atoms with Gasteiger partial charge in [-0.1, -0.05) is 42.5 Å². The van der Waals surface area contributed by atoms with E-state index >= 15 is 0 Å². The van der Waals surface area contributed by atoms with Crippen molar-refractivity contribution in [1.82, 2.24) is 16.2 Å². The topological polar surface area (TPSA) is 114 Å². The van der Waals surface area contributed by atoms with Crippen LogP contribution in [0.2, 0.25) is 0 Å². The Hall–Kier alpha value is -3.46. The Balaban J connectivity index is 1.91. The lowest BCUT2D eigenvalue weighted by molar-refractivity contribution is -0.145. The second kappa shape index (κ2) is 10.8. The van der Waals surface area contributed by atoms with Crippen LogP contribution in [0.25, 0.3) is 6.08 Å². The molecule has 0 unspecified atom stereocenters. The van der Waals surface area contributed by atoms with Crippen molar-refractivity contribution in [3.63, 3.8) is 0 Å². The molecule has 8 nitrogen and oxygen atoms in total. The van der Waals surface area contributed by atoms with Gasteiger partial charge < -0.3 is 10.1 Å². The third kappa shape index (κ3) is 7.23. The zero-order chi connectivity index (χ0) is 21.2. The Morgan fingerprint density at radius 1 is 0.966 bits per heavy atom. The number of nitrogens with one attached hydrogen (secondary N) is 3. The van der Waals surface area contributed by atoms with Crippen LogP contribution in [0, 0.1) is 0 Å². The molecule has 2 aromatic rings. The summed E-state index contributed by atoms with van der Waals surface area (Å²) in [5, 5.41) is 2.37. The summed E-state index contributed by atoms with van der Waals surface area (Å²) in [6, 6.07) is 15.5. The van der Waals surface area contributed by atoms with Gasteiger partial charge in [-0.2, -0.15) is 0 Å². The Labute approximate surface area is 175 Å². The number of hydrazine groups is 1. The molecule has 3 amide bonds. The van der Waals surface area contributed by atoms with Gasteiger partial charge in [-0.05, 0) is 39.7 Å². The zero-order valence-corrected chi connectivity index (χ0v) is 17.0. The molecule has 0 heterocycles. The minimum Gasteiger partial charge on any atom is -0.451 e. The SMILES string of the molecule is CC(=O)NC(=Cc1ccccc1)C(=O)OCC(=O)NNC(=O)c1ccccc1Br. The van der Waals surface area contributed by atoms with Gasteiger partial charge in [0.15, 0.2) is 6.61 Å². The maximum Gasteiger partial charge on any atom is 0.355 e. The lowest BCUT2D eigenvalue weighted by Crippen LogP contribution is -2.44. The van der Waals surface area contributed by atoms with Gasteiger partial charge in [-0.3, -0.25) is 25.2 Å². The molecule has 0 aliphatic carbocycles. The van der Waals surface area contributed by atoms with E-state index in [1.54, 1.807) is 54.6 Å². The Morgan fingerprint density at radius 3 is 2.28 bits per heavy atom. The van der Waals surface area contributed by atoms with Crippen LogP contribution in [-0.2, 0) is 19.1 Å². The summed E-state index contributed by atoms with van der Waals surface area (Å²) in [5.41, 5.74) is 5.24. The van der Waals surface area contributed by atoms with Crippen molar-refractivity contribution < 1.29 is 23.9 Å². The van der Waals surface area contributed by atoms with E-state index in [2.05, 4.69) is 32.1 Å². The van der Waals surface area contributed by atoms with Gasteiger partial charge in [0, 0.05) is 11.4 Å². The predicted molar refractivity (Wildman–Crippen MR) is 109 cm³/mol. The molecule has 150 valence electrons. The number of carbonyl (C=O) groups is 4. The van der Waals surface area contributed by atoms with Crippen LogP contribution >= 0.6 is 15.9 Å². The molecular weight excluding hydrogens is 442 g/mol. The third-order valence-electron chi connectivity index (χ3n) is 3.41. The Bertz CT molecular complexity index is 944. The van der Waals surface area contributed by atoms with Crippen LogP contribution in [-0.4, -0.2) is 30.3 Å². The molecule has 29 heavy (non-hydrogen) atoms. The number of hydrogen-bond acceptors (Lipinski definition) is 5. The minimum atomic E-state index is -0.892. The number of benzene rings is 2. The molecular formula is C20H18BrN3O5. The molecule has 2 rings (SSSR count). The molecule has 0 saturated carbocycles. The molecule has 0 atom stereocenters. The number of ether oxygens (including phenoxy) is 1. The second-order valence-corrected chi connectivity index (χ2v) is 6.56. The lowest BCUT2D eigenvalue weighted by Gasteiger charge is -2.10. The largest absolute Gasteiger partial charge is 0.451 e. The number of rotatable bonds is 6. The van der Waals surface area contributed by atoms with Gasteiger partial charge in [0.1, 0.15) is 5.70 Å². The first kappa shape index (κ1) is 21.8. The predicted octanol–water partition coefficient (Wildman–Crippen LogP) is 1.93. The number of hydrogen-bond donors (Lipinski definition) is 3. The van der Waals surface area contributed by atoms with Crippen molar-refractivity contribution in [2.45, 2.75) is 6.92 Å². The highest BCUT2D eigenvalue weighted by atomic mass is 79.9. The molecule has 0 radical (unpaired) electrons. The summed E-state index contributed by atoms with van der Waals surface area (Å²) in [5.74, 6) is -2.65. The molecule has 3 N–H and O–H groups in total. The van der Waals surface area contributed by atoms with Crippen LogP contribution in [0.15, 0.2) is 64.8 Å². The van der Waals surface area contributed by atoms with Gasteiger partial charge in [-0.25, -0.2) is 4.79 Å². The maximum absolute atomic E-state index is 12.2. The molecule has 0 aromatic heterocycles. The first-order valence-electron chi connectivity index (χ1n) is 8.42. The van der Waals surface area contributed by atoms with Gasteiger partial charge in [0.2, 0.25) is 5.91 Å². The standard InChI is InChI=1S/C20H18BrN3O5/c1-13(25)22-17(11-14-7-3-2-4-8-14)20(28)29-12-18(26)23-24-19(27)15-9-5-6-10-16(15)21/h2-11H,12H2,1H3,(H,22,25)(H,23,26)(H,24,27). The highest BCUT2D eigenvalue weighted by Gasteiger charge is 2.16. The summed E-state index contributed by atoms with van der Waals surface area (Å²) < 4.78 is 5.47. The Morgan fingerprint density at radius 2 is 1.62 bits per heavy atom. The van der Waals surface area contributed by atoms with E-state index in [-0.39, 0.29) is 5.70 Å². The summed E-state index contributed by atoms with van der Waals surface area (Å²) in [4.78, 5) is 47.4. The molecule has 0 spiro atoms. The number of esters is 1. The summed E-state index contributed by atoms with van der Waals surface area (Å²) in [6.45, 7) is 0.594. The van der Waals surface area contributed by atoms with Crippen LogP contribution in [0.1, 0.15) is 22.8 Å². The summed E-state index contributed by atoms with van der Waals surface area (Å²) >= 11 is 3.23. The van der Waals surface area contributed by atoms with Crippen LogP contribution < -0.4 is 16.2 Å². The lowest BCUT2D eigenvalue weighted by atomic mass is 10.2. The first-order chi connectivity index (χ1) is 13.9. The molecule has 0 fully saturated rings. The normalized spacial score (nSPS) is 10.6. The summed E-state index contributed by atoms with van der Waals surface area (Å²) in [7, 11) is 0. The fraction of sp³-hybridized carbons (Fsp3) is 0.100. The first-order valence-corrected chi connectivity index (χ1v) is 9.21. The van der Waals surface area contributed by atoms with Crippen molar-refractivity contribution in [2.24, 2.45) is 0 Å². The molecule has 0 saturated heterocycles. The zero-order valence-electron chi connectivity index (χ0n) is 15.4. The molecule has 0 aliphatic heterocycles. The van der Waals surface area contributed by atoms with Crippen molar-refractivity contribution in [3.05, 3.63) is 75.9 Å². The highest BCUT2D eigenvalue weighted by Crippen LogP contribution is 2.15. The van der Waals surface area contributed by atoms with E-state index in [1.165, 1.54) is 13.0 Å². The second-order valence-electron chi connectivity index (χ2n) is 5.71. The van der Waals surface area contributed by atoms with E-state index in [0.29, 0.717) is 15.6 Å². The van der Waals surface area contributed by atoms with Gasteiger partial charge in [0.25, 0.3) is 11.8 Å². The fourth-order valence-corrected chi connectivity index (χ4v) is 2.60. The van der Waals surface area contributed by atoms with Gasteiger partial charge >= 0.3 is 5.97 Å². The average molecular weight is 460 g/mol.